The number of halogens is 1. The number of ether oxygens (including phenoxy) is 1. The maximum absolute atomic E-state index is 12.3. The molecule has 0 N–H and O–H groups in total. The minimum Gasteiger partial charge on any atom is -0.479 e. The van der Waals surface area contributed by atoms with Crippen LogP contribution in [0.1, 0.15) is 12.6 Å². The summed E-state index contributed by atoms with van der Waals surface area (Å²) in [6, 6.07) is 7.76. The van der Waals surface area contributed by atoms with Gasteiger partial charge in [0, 0.05) is 16.8 Å². The summed E-state index contributed by atoms with van der Waals surface area (Å²) in [4.78, 5) is 14.1. The second-order valence-corrected chi connectivity index (χ2v) is 6.02. The van der Waals surface area contributed by atoms with Gasteiger partial charge in [0.1, 0.15) is 5.75 Å². The minimum atomic E-state index is -0.468. The summed E-state index contributed by atoms with van der Waals surface area (Å²) in [6.07, 6.45) is 1.41. The third-order valence-corrected chi connectivity index (χ3v) is 3.89. The molecular weight excluding hydrogens is 369 g/mol. The van der Waals surface area contributed by atoms with Crippen molar-refractivity contribution in [3.05, 3.63) is 39.7 Å². The largest absolute Gasteiger partial charge is 0.479 e. The number of carbonyl (C=O) groups excluding carboxylic acids is 1. The first-order valence-electron chi connectivity index (χ1n) is 6.31. The lowest BCUT2D eigenvalue weighted by atomic mass is 10.2. The molecule has 0 bridgehead atoms. The van der Waals surface area contributed by atoms with Crippen molar-refractivity contribution in [3.63, 3.8) is 0 Å². The number of anilines is 1. The first-order valence-corrected chi connectivity index (χ1v) is 7.38. The van der Waals surface area contributed by atoms with Crippen LogP contribution in [-0.4, -0.2) is 21.8 Å². The number of aryl methyl sites for hydroxylation is 1. The molecule has 1 unspecified atom stereocenters. The van der Waals surface area contributed by atoms with Crippen LogP contribution in [0, 0.1) is 3.57 Å². The highest BCUT2D eigenvalue weighted by atomic mass is 127. The second-order valence-electron chi connectivity index (χ2n) is 4.78. The molecule has 0 saturated carbocycles. The van der Waals surface area contributed by atoms with Gasteiger partial charge in [-0.15, -0.1) is 0 Å². The van der Waals surface area contributed by atoms with Gasteiger partial charge < -0.3 is 4.74 Å². The van der Waals surface area contributed by atoms with E-state index in [-0.39, 0.29) is 5.91 Å². The van der Waals surface area contributed by atoms with Crippen LogP contribution >= 0.6 is 22.6 Å². The molecule has 5 nitrogen and oxygen atoms in total. The van der Waals surface area contributed by atoms with Gasteiger partial charge in [0.15, 0.2) is 6.10 Å². The number of rotatable bonds is 2. The Morgan fingerprint density at radius 3 is 2.90 bits per heavy atom. The average molecular weight is 383 g/mol. The quantitative estimate of drug-likeness (QED) is 0.749. The van der Waals surface area contributed by atoms with E-state index in [9.17, 15) is 4.79 Å². The lowest BCUT2D eigenvalue weighted by Crippen LogP contribution is -2.44. The maximum Gasteiger partial charge on any atom is 0.268 e. The van der Waals surface area contributed by atoms with Gasteiger partial charge in [-0.2, -0.15) is 5.10 Å². The fourth-order valence-electron chi connectivity index (χ4n) is 2.26. The Hall–Kier alpha value is -1.57. The molecule has 3 rings (SSSR count). The summed E-state index contributed by atoms with van der Waals surface area (Å²) in [6.45, 7) is 2.23. The molecule has 0 radical (unpaired) electrons. The van der Waals surface area contributed by atoms with Gasteiger partial charge in [0.2, 0.25) is 0 Å². The van der Waals surface area contributed by atoms with Crippen molar-refractivity contribution >= 4 is 34.2 Å². The van der Waals surface area contributed by atoms with Crippen molar-refractivity contribution in [2.75, 3.05) is 4.90 Å². The first kappa shape index (κ1) is 13.4. The van der Waals surface area contributed by atoms with Crippen LogP contribution in [0.3, 0.4) is 0 Å². The third kappa shape index (κ3) is 2.39. The average Bonchev–Trinajstić information content (AvgIpc) is 2.80. The van der Waals surface area contributed by atoms with E-state index in [1.165, 1.54) is 0 Å². The van der Waals surface area contributed by atoms with Gasteiger partial charge in [-0.05, 0) is 53.8 Å². The molecule has 1 amide bonds. The molecule has 2 aromatic rings. The SMILES string of the molecule is CC1Oc2cc(I)ccc2N(Cc2ccn(C)n2)C1=O. The Morgan fingerprint density at radius 2 is 2.20 bits per heavy atom. The Labute approximate surface area is 130 Å². The van der Waals surface area contributed by atoms with Gasteiger partial charge >= 0.3 is 0 Å². The molecule has 1 atom stereocenters. The third-order valence-electron chi connectivity index (χ3n) is 3.22. The number of fused-ring (bicyclic) bond motifs is 1. The van der Waals surface area contributed by atoms with Gasteiger partial charge in [-0.3, -0.25) is 14.4 Å². The zero-order valence-electron chi connectivity index (χ0n) is 11.2. The highest BCUT2D eigenvalue weighted by molar-refractivity contribution is 14.1. The van der Waals surface area contributed by atoms with Crippen LogP contribution in [0.4, 0.5) is 5.69 Å². The van der Waals surface area contributed by atoms with Gasteiger partial charge in [0.05, 0.1) is 17.9 Å². The van der Waals surface area contributed by atoms with Crippen molar-refractivity contribution in [1.29, 1.82) is 0 Å². The molecule has 20 heavy (non-hydrogen) atoms. The van der Waals surface area contributed by atoms with Gasteiger partial charge in [-0.25, -0.2) is 0 Å². The standard InChI is InChI=1S/C14H14IN3O2/c1-9-14(19)18(8-11-5-6-17(2)16-11)12-4-3-10(15)7-13(12)20-9/h3-7,9H,8H2,1-2H3. The van der Waals surface area contributed by atoms with Crippen molar-refractivity contribution in [1.82, 2.24) is 9.78 Å². The van der Waals surface area contributed by atoms with E-state index in [2.05, 4.69) is 27.7 Å². The fraction of sp³-hybridized carbons (Fsp3) is 0.286. The molecule has 0 aliphatic carbocycles. The summed E-state index contributed by atoms with van der Waals surface area (Å²) in [5.41, 5.74) is 1.67. The van der Waals surface area contributed by atoms with E-state index in [0.29, 0.717) is 6.54 Å². The van der Waals surface area contributed by atoms with Crippen LogP contribution in [0.25, 0.3) is 0 Å². The van der Waals surface area contributed by atoms with Crippen molar-refractivity contribution < 1.29 is 9.53 Å². The predicted octanol–water partition coefficient (Wildman–Crippen LogP) is 2.34. The summed E-state index contributed by atoms with van der Waals surface area (Å²) in [5.74, 6) is 0.712. The van der Waals surface area contributed by atoms with Crippen LogP contribution in [-0.2, 0) is 18.4 Å². The van der Waals surface area contributed by atoms with Crippen LogP contribution in [0.2, 0.25) is 0 Å². The Balaban J connectivity index is 1.98. The van der Waals surface area contributed by atoms with E-state index in [4.69, 9.17) is 4.74 Å². The maximum atomic E-state index is 12.3. The highest BCUT2D eigenvalue weighted by Gasteiger charge is 2.31. The van der Waals surface area contributed by atoms with E-state index >= 15 is 0 Å². The van der Waals surface area contributed by atoms with E-state index in [0.717, 1.165) is 20.7 Å². The number of amides is 1. The number of aromatic nitrogens is 2. The van der Waals surface area contributed by atoms with E-state index < -0.39 is 6.10 Å². The summed E-state index contributed by atoms with van der Waals surface area (Å²) in [5, 5.41) is 4.34. The normalized spacial score (nSPS) is 17.9. The van der Waals surface area contributed by atoms with Gasteiger partial charge in [-0.1, -0.05) is 0 Å². The monoisotopic (exact) mass is 383 g/mol. The molecule has 0 saturated heterocycles. The smallest absolute Gasteiger partial charge is 0.268 e. The summed E-state index contributed by atoms with van der Waals surface area (Å²) >= 11 is 2.23. The molecule has 2 heterocycles. The zero-order chi connectivity index (χ0) is 14.3. The number of nitrogens with zero attached hydrogens (tertiary/aromatic N) is 3. The Morgan fingerprint density at radius 1 is 1.40 bits per heavy atom. The molecular formula is C14H14IN3O2. The number of hydrogen-bond donors (Lipinski definition) is 0. The zero-order valence-corrected chi connectivity index (χ0v) is 13.4. The number of benzene rings is 1. The topological polar surface area (TPSA) is 47.4 Å². The lowest BCUT2D eigenvalue weighted by Gasteiger charge is -2.32. The Bertz CT molecular complexity index is 668. The first-order chi connectivity index (χ1) is 9.54. The summed E-state index contributed by atoms with van der Waals surface area (Å²) in [7, 11) is 1.86. The predicted molar refractivity (Wildman–Crippen MR) is 83.6 cm³/mol. The molecule has 1 aliphatic heterocycles. The van der Waals surface area contributed by atoms with E-state index in [1.807, 2.05) is 37.5 Å². The van der Waals surface area contributed by atoms with Crippen molar-refractivity contribution in [2.45, 2.75) is 19.6 Å². The van der Waals surface area contributed by atoms with Crippen LogP contribution in [0.15, 0.2) is 30.5 Å². The minimum absolute atomic E-state index is 0.0376. The molecule has 104 valence electrons. The van der Waals surface area contributed by atoms with Crippen molar-refractivity contribution in [2.24, 2.45) is 7.05 Å². The molecule has 1 aromatic heterocycles. The number of carbonyl (C=O) groups is 1. The summed E-state index contributed by atoms with van der Waals surface area (Å²) < 4.78 is 8.50. The molecule has 1 aliphatic rings. The lowest BCUT2D eigenvalue weighted by molar-refractivity contribution is -0.125. The molecule has 0 fully saturated rings. The molecule has 1 aromatic carbocycles. The van der Waals surface area contributed by atoms with Crippen molar-refractivity contribution in [3.8, 4) is 5.75 Å². The fourth-order valence-corrected chi connectivity index (χ4v) is 2.72. The second kappa shape index (κ2) is 5.08. The van der Waals surface area contributed by atoms with Crippen LogP contribution in [0.5, 0.6) is 5.75 Å². The van der Waals surface area contributed by atoms with Gasteiger partial charge in [0.25, 0.3) is 5.91 Å². The molecule has 0 spiro atoms. The highest BCUT2D eigenvalue weighted by Crippen LogP contribution is 2.35. The molecule has 6 heteroatoms. The Kier molecular flexibility index (Phi) is 3.41. The van der Waals surface area contributed by atoms with Crippen LogP contribution < -0.4 is 9.64 Å². The van der Waals surface area contributed by atoms with E-state index in [1.54, 1.807) is 16.5 Å². The number of hydrogen-bond acceptors (Lipinski definition) is 3.